The van der Waals surface area contributed by atoms with Crippen LogP contribution in [0.5, 0.6) is 0 Å². The summed E-state index contributed by atoms with van der Waals surface area (Å²) in [4.78, 5) is 37.2. The highest BCUT2D eigenvalue weighted by atomic mass is 16.6. The third-order valence-electron chi connectivity index (χ3n) is 4.50. The Morgan fingerprint density at radius 2 is 1.68 bits per heavy atom. The number of carbonyl (C=O) groups is 2. The number of carbonyl (C=O) groups excluding carboxylic acids is 2. The van der Waals surface area contributed by atoms with Gasteiger partial charge in [0.1, 0.15) is 0 Å². The lowest BCUT2D eigenvalue weighted by molar-refractivity contribution is -0.384. The lowest BCUT2D eigenvalue weighted by Gasteiger charge is -2.17. The van der Waals surface area contributed by atoms with Crippen LogP contribution in [-0.2, 0) is 14.3 Å². The number of nitrogens with zero attached hydrogens (tertiary/aromatic N) is 2. The number of allylic oxidation sites excluding steroid dienone is 1. The fourth-order valence-corrected chi connectivity index (χ4v) is 3.04. The standard InChI is InChI=1S/C21H18N2O5/c1-13-4-6-15(7-5-13)12-18-19(21(25)28-3)14(2)22(20(18)24)16-8-10-17(11-9-16)23(26)27/h4-12H,1-3H3/b18-12-. The number of hydrogen-bond donors (Lipinski definition) is 0. The molecule has 28 heavy (non-hydrogen) atoms. The molecule has 7 nitrogen and oxygen atoms in total. The third-order valence-corrected chi connectivity index (χ3v) is 4.50. The second-order valence-corrected chi connectivity index (χ2v) is 6.33. The minimum Gasteiger partial charge on any atom is -0.465 e. The Morgan fingerprint density at radius 1 is 1.07 bits per heavy atom. The molecular weight excluding hydrogens is 360 g/mol. The van der Waals surface area contributed by atoms with E-state index in [9.17, 15) is 19.7 Å². The topological polar surface area (TPSA) is 89.8 Å². The average molecular weight is 378 g/mol. The molecule has 0 radical (unpaired) electrons. The molecule has 0 atom stereocenters. The summed E-state index contributed by atoms with van der Waals surface area (Å²) in [6.07, 6.45) is 1.64. The first kappa shape index (κ1) is 19.0. The van der Waals surface area contributed by atoms with E-state index in [1.54, 1.807) is 13.0 Å². The smallest absolute Gasteiger partial charge is 0.340 e. The summed E-state index contributed by atoms with van der Waals surface area (Å²) >= 11 is 0. The quantitative estimate of drug-likeness (QED) is 0.350. The fraction of sp³-hybridized carbons (Fsp3) is 0.143. The van der Waals surface area contributed by atoms with Crippen LogP contribution in [0.25, 0.3) is 6.08 Å². The number of benzene rings is 2. The molecule has 0 fully saturated rings. The van der Waals surface area contributed by atoms with Crippen molar-refractivity contribution in [3.05, 3.63) is 86.6 Å². The number of non-ortho nitro benzene ring substituents is 1. The predicted octanol–water partition coefficient (Wildman–Crippen LogP) is 3.78. The monoisotopic (exact) mass is 378 g/mol. The van der Waals surface area contributed by atoms with Crippen LogP contribution >= 0.6 is 0 Å². The van der Waals surface area contributed by atoms with Gasteiger partial charge in [-0.05, 0) is 37.6 Å². The molecule has 142 valence electrons. The van der Waals surface area contributed by atoms with E-state index in [0.29, 0.717) is 11.4 Å². The molecular formula is C21H18N2O5. The van der Waals surface area contributed by atoms with Crippen LogP contribution in [0.2, 0.25) is 0 Å². The molecule has 3 rings (SSSR count). The summed E-state index contributed by atoms with van der Waals surface area (Å²) in [5, 5.41) is 10.9. The number of rotatable bonds is 4. The lowest BCUT2D eigenvalue weighted by atomic mass is 10.0. The second kappa shape index (κ2) is 7.48. The zero-order valence-corrected chi connectivity index (χ0v) is 15.6. The molecule has 1 heterocycles. The predicted molar refractivity (Wildman–Crippen MR) is 104 cm³/mol. The molecule has 0 bridgehead atoms. The summed E-state index contributed by atoms with van der Waals surface area (Å²) in [5.41, 5.74) is 2.99. The summed E-state index contributed by atoms with van der Waals surface area (Å²) in [6, 6.07) is 13.1. The van der Waals surface area contributed by atoms with Crippen molar-refractivity contribution < 1.29 is 19.2 Å². The van der Waals surface area contributed by atoms with Crippen molar-refractivity contribution in [1.29, 1.82) is 0 Å². The Bertz CT molecular complexity index is 1020. The van der Waals surface area contributed by atoms with Gasteiger partial charge in [0.2, 0.25) is 0 Å². The molecule has 0 spiro atoms. The average Bonchev–Trinajstić information content (AvgIpc) is 2.93. The molecule has 0 N–H and O–H groups in total. The number of aryl methyl sites for hydroxylation is 1. The number of hydrogen-bond acceptors (Lipinski definition) is 5. The van der Waals surface area contributed by atoms with Gasteiger partial charge >= 0.3 is 5.97 Å². The minimum absolute atomic E-state index is 0.0827. The van der Waals surface area contributed by atoms with Crippen LogP contribution in [0.4, 0.5) is 11.4 Å². The molecule has 1 amide bonds. The van der Waals surface area contributed by atoms with E-state index in [4.69, 9.17) is 4.74 Å². The van der Waals surface area contributed by atoms with Gasteiger partial charge in [0, 0.05) is 23.5 Å². The third kappa shape index (κ3) is 3.42. The zero-order valence-electron chi connectivity index (χ0n) is 15.6. The molecule has 0 saturated carbocycles. The van der Waals surface area contributed by atoms with Crippen molar-refractivity contribution in [1.82, 2.24) is 0 Å². The van der Waals surface area contributed by atoms with Gasteiger partial charge in [-0.25, -0.2) is 4.79 Å². The van der Waals surface area contributed by atoms with Crippen molar-refractivity contribution in [2.24, 2.45) is 0 Å². The van der Waals surface area contributed by atoms with E-state index in [1.807, 2.05) is 31.2 Å². The van der Waals surface area contributed by atoms with Gasteiger partial charge in [0.25, 0.3) is 11.6 Å². The first-order chi connectivity index (χ1) is 13.3. The molecule has 0 aliphatic carbocycles. The maximum atomic E-state index is 13.1. The van der Waals surface area contributed by atoms with Crippen LogP contribution < -0.4 is 4.90 Å². The second-order valence-electron chi connectivity index (χ2n) is 6.33. The Balaban J connectivity index is 2.09. The van der Waals surface area contributed by atoms with E-state index in [2.05, 4.69) is 0 Å². The Morgan fingerprint density at radius 3 is 2.21 bits per heavy atom. The molecule has 1 aliphatic rings. The van der Waals surface area contributed by atoms with Crippen LogP contribution in [0.3, 0.4) is 0 Å². The van der Waals surface area contributed by atoms with E-state index in [0.717, 1.165) is 11.1 Å². The van der Waals surface area contributed by atoms with Gasteiger partial charge in [0.15, 0.2) is 0 Å². The number of methoxy groups -OCH3 is 1. The van der Waals surface area contributed by atoms with Crippen molar-refractivity contribution >= 4 is 29.3 Å². The maximum absolute atomic E-state index is 13.1. The van der Waals surface area contributed by atoms with E-state index in [-0.39, 0.29) is 16.8 Å². The first-order valence-electron chi connectivity index (χ1n) is 8.50. The fourth-order valence-electron chi connectivity index (χ4n) is 3.04. The minimum atomic E-state index is -0.617. The maximum Gasteiger partial charge on any atom is 0.340 e. The number of nitro benzene ring substituents is 1. The molecule has 2 aromatic carbocycles. The molecule has 0 aromatic heterocycles. The SMILES string of the molecule is COC(=O)C1=C(C)N(c2ccc([N+](=O)[O-])cc2)C(=O)/C1=C\c1ccc(C)cc1. The van der Waals surface area contributed by atoms with Gasteiger partial charge < -0.3 is 4.74 Å². The lowest BCUT2D eigenvalue weighted by Crippen LogP contribution is -2.24. The van der Waals surface area contributed by atoms with Crippen LogP contribution in [0.1, 0.15) is 18.1 Å². The summed E-state index contributed by atoms with van der Waals surface area (Å²) in [7, 11) is 1.26. The normalized spacial score (nSPS) is 15.3. The zero-order chi connectivity index (χ0) is 20.4. The molecule has 0 saturated heterocycles. The number of amides is 1. The van der Waals surface area contributed by atoms with Crippen LogP contribution in [-0.4, -0.2) is 23.9 Å². The van der Waals surface area contributed by atoms with Crippen molar-refractivity contribution in [3.8, 4) is 0 Å². The largest absolute Gasteiger partial charge is 0.465 e. The van der Waals surface area contributed by atoms with Gasteiger partial charge in [0.05, 0.1) is 23.2 Å². The summed E-state index contributed by atoms with van der Waals surface area (Å²) in [6.45, 7) is 3.60. The molecule has 7 heteroatoms. The molecule has 0 unspecified atom stereocenters. The van der Waals surface area contributed by atoms with Gasteiger partial charge in [-0.2, -0.15) is 0 Å². The van der Waals surface area contributed by atoms with Crippen molar-refractivity contribution in [3.63, 3.8) is 0 Å². The number of anilines is 1. The highest BCUT2D eigenvalue weighted by molar-refractivity contribution is 6.23. The first-order valence-corrected chi connectivity index (χ1v) is 8.50. The summed E-state index contributed by atoms with van der Waals surface area (Å²) < 4.78 is 4.87. The highest BCUT2D eigenvalue weighted by Gasteiger charge is 2.38. The number of nitro groups is 1. The summed E-state index contributed by atoms with van der Waals surface area (Å²) in [5.74, 6) is -1.01. The Labute approximate surface area is 161 Å². The van der Waals surface area contributed by atoms with Gasteiger partial charge in [-0.3, -0.25) is 19.8 Å². The highest BCUT2D eigenvalue weighted by Crippen LogP contribution is 2.36. The van der Waals surface area contributed by atoms with Gasteiger partial charge in [-0.1, -0.05) is 29.8 Å². The Kier molecular flexibility index (Phi) is 5.08. The van der Waals surface area contributed by atoms with Crippen LogP contribution in [0.15, 0.2) is 65.4 Å². The Hall–Kier alpha value is -3.74. The van der Waals surface area contributed by atoms with Crippen molar-refractivity contribution in [2.75, 3.05) is 12.0 Å². The molecule has 2 aromatic rings. The van der Waals surface area contributed by atoms with Crippen molar-refractivity contribution in [2.45, 2.75) is 13.8 Å². The number of esters is 1. The van der Waals surface area contributed by atoms with E-state index in [1.165, 1.54) is 36.3 Å². The molecule has 1 aliphatic heterocycles. The van der Waals surface area contributed by atoms with Gasteiger partial charge in [-0.15, -0.1) is 0 Å². The number of ether oxygens (including phenoxy) is 1. The van der Waals surface area contributed by atoms with E-state index >= 15 is 0 Å². The van der Waals surface area contributed by atoms with Crippen LogP contribution in [0, 0.1) is 17.0 Å². The van der Waals surface area contributed by atoms with E-state index < -0.39 is 16.8 Å².